The first kappa shape index (κ1) is 24.9. The molecule has 0 bridgehead atoms. The maximum atomic E-state index is 12.6. The molecule has 0 amide bonds. The normalized spacial score (nSPS) is 18.5. The molecular weight excluding hydrogens is 422 g/mol. The van der Waals surface area contributed by atoms with Gasteiger partial charge in [0.15, 0.2) is 6.10 Å². The quantitative estimate of drug-likeness (QED) is 0.523. The van der Waals surface area contributed by atoms with E-state index in [0.717, 1.165) is 41.8 Å². The predicted octanol–water partition coefficient (Wildman–Crippen LogP) is 6.91. The molecule has 1 N–H and O–H groups in total. The van der Waals surface area contributed by atoms with E-state index in [0.29, 0.717) is 6.04 Å². The van der Waals surface area contributed by atoms with Gasteiger partial charge in [-0.3, -0.25) is 4.90 Å². The highest BCUT2D eigenvalue weighted by Gasteiger charge is 2.35. The topological polar surface area (TPSA) is 49.8 Å². The van der Waals surface area contributed by atoms with Gasteiger partial charge >= 0.3 is 5.97 Å². The summed E-state index contributed by atoms with van der Waals surface area (Å²) in [5.41, 5.74) is 8.60. The van der Waals surface area contributed by atoms with E-state index in [1.54, 1.807) is 0 Å². The summed E-state index contributed by atoms with van der Waals surface area (Å²) in [4.78, 5) is 15.3. The molecule has 1 atom stereocenters. The molecule has 34 heavy (non-hydrogen) atoms. The lowest BCUT2D eigenvalue weighted by Crippen LogP contribution is -2.41. The third-order valence-electron chi connectivity index (χ3n) is 7.72. The molecule has 184 valence electrons. The van der Waals surface area contributed by atoms with Crippen LogP contribution in [-0.4, -0.2) is 34.2 Å². The third kappa shape index (κ3) is 5.08. The zero-order valence-corrected chi connectivity index (χ0v) is 21.8. The van der Waals surface area contributed by atoms with Crippen molar-refractivity contribution in [1.29, 1.82) is 0 Å². The summed E-state index contributed by atoms with van der Waals surface area (Å²) in [5, 5.41) is 10.3. The van der Waals surface area contributed by atoms with Crippen LogP contribution in [0.5, 0.6) is 0 Å². The molecule has 2 aromatic rings. The molecule has 1 saturated carbocycles. The molecule has 0 radical (unpaired) electrons. The summed E-state index contributed by atoms with van der Waals surface area (Å²) in [5.74, 6) is -0.926. The second kappa shape index (κ2) is 9.83. The van der Waals surface area contributed by atoms with E-state index >= 15 is 0 Å². The molecule has 0 unspecified atom stereocenters. The van der Waals surface area contributed by atoms with Crippen molar-refractivity contribution in [3.8, 4) is 11.1 Å². The van der Waals surface area contributed by atoms with Gasteiger partial charge in [-0.15, -0.1) is 0 Å². The average molecular weight is 464 g/mol. The fourth-order valence-corrected chi connectivity index (χ4v) is 6.01. The Morgan fingerprint density at radius 2 is 1.65 bits per heavy atom. The van der Waals surface area contributed by atoms with Crippen molar-refractivity contribution in [2.45, 2.75) is 104 Å². The van der Waals surface area contributed by atoms with Gasteiger partial charge < -0.3 is 9.84 Å². The average Bonchev–Trinajstić information content (AvgIpc) is 2.80. The first-order valence-corrected chi connectivity index (χ1v) is 12.9. The number of benzene rings is 2. The Kier molecular flexibility index (Phi) is 7.21. The monoisotopic (exact) mass is 463 g/mol. The van der Waals surface area contributed by atoms with E-state index in [1.807, 2.05) is 20.8 Å². The number of carboxylic acids is 1. The molecule has 4 heteroatoms. The van der Waals surface area contributed by atoms with Crippen LogP contribution in [0.25, 0.3) is 11.1 Å². The van der Waals surface area contributed by atoms with E-state index < -0.39 is 17.7 Å². The van der Waals surface area contributed by atoms with Crippen LogP contribution in [0.3, 0.4) is 0 Å². The van der Waals surface area contributed by atoms with Crippen LogP contribution in [0.4, 0.5) is 0 Å². The second-order valence-electron chi connectivity index (χ2n) is 11.3. The van der Waals surface area contributed by atoms with Crippen LogP contribution >= 0.6 is 0 Å². The molecule has 4 nitrogen and oxygen atoms in total. The number of fused-ring (bicyclic) bond motifs is 1. The molecule has 1 heterocycles. The van der Waals surface area contributed by atoms with Gasteiger partial charge in [-0.1, -0.05) is 49.1 Å². The number of hydrogen-bond donors (Lipinski definition) is 1. The van der Waals surface area contributed by atoms with Crippen LogP contribution in [0, 0.1) is 20.8 Å². The maximum Gasteiger partial charge on any atom is 0.337 e. The van der Waals surface area contributed by atoms with Crippen molar-refractivity contribution >= 4 is 5.97 Å². The standard InChI is InChI=1S/C30H41NO3/c1-19-12-14-22(15-13-19)26-21(3)25-18-31(23-10-8-7-9-11-23)17-16-24(25)20(2)27(26)28(29(32)33)34-30(4,5)6/h12-15,23,28H,7-11,16-18H2,1-6H3,(H,32,33)/t28-/m0/s1. The molecule has 2 aromatic carbocycles. The maximum absolute atomic E-state index is 12.6. The number of hydrogen-bond acceptors (Lipinski definition) is 3. The fourth-order valence-electron chi connectivity index (χ4n) is 6.01. The van der Waals surface area contributed by atoms with Crippen molar-refractivity contribution in [3.05, 3.63) is 57.6 Å². The van der Waals surface area contributed by atoms with Gasteiger partial charge in [0.2, 0.25) is 0 Å². The highest BCUT2D eigenvalue weighted by atomic mass is 16.5. The van der Waals surface area contributed by atoms with Gasteiger partial charge in [-0.05, 0) is 94.2 Å². The van der Waals surface area contributed by atoms with E-state index in [4.69, 9.17) is 4.74 Å². The summed E-state index contributed by atoms with van der Waals surface area (Å²) >= 11 is 0. The number of carbonyl (C=O) groups is 1. The van der Waals surface area contributed by atoms with Crippen molar-refractivity contribution in [1.82, 2.24) is 4.90 Å². The highest BCUT2D eigenvalue weighted by Crippen LogP contribution is 2.43. The molecular formula is C30H41NO3. The molecule has 1 aliphatic carbocycles. The summed E-state index contributed by atoms with van der Waals surface area (Å²) in [7, 11) is 0. The van der Waals surface area contributed by atoms with Crippen LogP contribution in [-0.2, 0) is 22.5 Å². The van der Waals surface area contributed by atoms with Gasteiger partial charge in [-0.2, -0.15) is 0 Å². The number of nitrogens with zero attached hydrogens (tertiary/aromatic N) is 1. The SMILES string of the molecule is Cc1ccc(-c2c(C)c3c(c(C)c2[C@H](OC(C)(C)C)C(=O)O)CCN(C2CCCCC2)C3)cc1. The van der Waals surface area contributed by atoms with Gasteiger partial charge in [-0.25, -0.2) is 4.79 Å². The second-order valence-corrected chi connectivity index (χ2v) is 11.3. The minimum atomic E-state index is -1.00. The predicted molar refractivity (Wildman–Crippen MR) is 138 cm³/mol. The molecule has 0 spiro atoms. The van der Waals surface area contributed by atoms with Crippen molar-refractivity contribution in [2.24, 2.45) is 0 Å². The van der Waals surface area contributed by atoms with Gasteiger partial charge in [0.1, 0.15) is 0 Å². The van der Waals surface area contributed by atoms with Crippen molar-refractivity contribution in [3.63, 3.8) is 0 Å². The lowest BCUT2D eigenvalue weighted by atomic mass is 9.79. The van der Waals surface area contributed by atoms with Gasteiger partial charge in [0.05, 0.1) is 5.60 Å². The first-order valence-electron chi connectivity index (χ1n) is 12.9. The minimum Gasteiger partial charge on any atom is -0.479 e. The van der Waals surface area contributed by atoms with Crippen LogP contribution < -0.4 is 0 Å². The Labute approximate surface area is 205 Å². The Morgan fingerprint density at radius 3 is 2.24 bits per heavy atom. The number of carboxylic acid groups (broad SMARTS) is 1. The molecule has 2 aliphatic rings. The van der Waals surface area contributed by atoms with Crippen LogP contribution in [0.2, 0.25) is 0 Å². The van der Waals surface area contributed by atoms with Gasteiger partial charge in [0.25, 0.3) is 0 Å². The number of aryl methyl sites for hydroxylation is 1. The Balaban J connectivity index is 1.89. The number of ether oxygens (including phenoxy) is 1. The fraction of sp³-hybridized carbons (Fsp3) is 0.567. The van der Waals surface area contributed by atoms with Crippen molar-refractivity contribution in [2.75, 3.05) is 6.54 Å². The van der Waals surface area contributed by atoms with E-state index in [-0.39, 0.29) is 0 Å². The summed E-state index contributed by atoms with van der Waals surface area (Å²) in [6, 6.07) is 9.17. The zero-order chi connectivity index (χ0) is 24.6. The molecule has 0 aromatic heterocycles. The summed E-state index contributed by atoms with van der Waals surface area (Å²) in [6.07, 6.45) is 6.62. The summed E-state index contributed by atoms with van der Waals surface area (Å²) in [6.45, 7) is 14.2. The lowest BCUT2D eigenvalue weighted by molar-refractivity contribution is -0.160. The smallest absolute Gasteiger partial charge is 0.337 e. The number of rotatable bonds is 5. The van der Waals surface area contributed by atoms with E-state index in [2.05, 4.69) is 49.9 Å². The van der Waals surface area contributed by atoms with E-state index in [9.17, 15) is 9.90 Å². The third-order valence-corrected chi connectivity index (χ3v) is 7.72. The largest absolute Gasteiger partial charge is 0.479 e. The lowest BCUT2D eigenvalue weighted by Gasteiger charge is -2.40. The molecule has 0 saturated heterocycles. The van der Waals surface area contributed by atoms with Gasteiger partial charge in [0, 0.05) is 24.7 Å². The van der Waals surface area contributed by atoms with Crippen LogP contribution in [0.1, 0.15) is 92.4 Å². The minimum absolute atomic E-state index is 0.568. The first-order chi connectivity index (χ1) is 16.1. The van der Waals surface area contributed by atoms with Crippen molar-refractivity contribution < 1.29 is 14.6 Å². The Bertz CT molecular complexity index is 1040. The van der Waals surface area contributed by atoms with E-state index in [1.165, 1.54) is 54.4 Å². The molecule has 1 aliphatic heterocycles. The number of aliphatic carboxylic acids is 1. The zero-order valence-electron chi connectivity index (χ0n) is 21.8. The van der Waals surface area contributed by atoms with Crippen LogP contribution in [0.15, 0.2) is 24.3 Å². The summed E-state index contributed by atoms with van der Waals surface area (Å²) < 4.78 is 6.20. The Morgan fingerprint density at radius 1 is 1.00 bits per heavy atom. The molecule has 4 rings (SSSR count). The molecule has 1 fully saturated rings. The highest BCUT2D eigenvalue weighted by molar-refractivity contribution is 5.84. The Hall–Kier alpha value is -2.17.